The highest BCUT2D eigenvalue weighted by Crippen LogP contribution is 2.25. The minimum Gasteiger partial charge on any atom is -0.374 e. The number of sulfonamides is 1. The molecule has 0 bridgehead atoms. The lowest BCUT2D eigenvalue weighted by molar-refractivity contribution is -0.116. The van der Waals surface area contributed by atoms with Crippen molar-refractivity contribution in [2.24, 2.45) is 0 Å². The number of fused-ring (bicyclic) bond motifs is 1. The van der Waals surface area contributed by atoms with Crippen LogP contribution in [0.15, 0.2) is 47.4 Å². The minimum atomic E-state index is -3.56. The zero-order chi connectivity index (χ0) is 20.5. The van der Waals surface area contributed by atoms with Crippen LogP contribution in [0.2, 0.25) is 0 Å². The number of aromatic nitrogens is 1. The fourth-order valence-corrected chi connectivity index (χ4v) is 4.46. The third-order valence-corrected chi connectivity index (χ3v) is 6.90. The van der Waals surface area contributed by atoms with Gasteiger partial charge < -0.3 is 10.6 Å². The molecule has 7 nitrogen and oxygen atoms in total. The highest BCUT2D eigenvalue weighted by atomic mass is 32.2. The van der Waals surface area contributed by atoms with Crippen LogP contribution in [0.25, 0.3) is 10.2 Å². The zero-order valence-corrected chi connectivity index (χ0v) is 17.7. The molecule has 0 saturated heterocycles. The summed E-state index contributed by atoms with van der Waals surface area (Å²) in [6.45, 7) is 3.70. The molecule has 9 heteroatoms. The molecule has 2 N–H and O–H groups in total. The molecular weight excluding hydrogens is 396 g/mol. The molecule has 3 rings (SSSR count). The lowest BCUT2D eigenvalue weighted by Gasteiger charge is -2.16. The van der Waals surface area contributed by atoms with Gasteiger partial charge in [-0.15, -0.1) is 11.3 Å². The molecule has 0 aliphatic rings. The van der Waals surface area contributed by atoms with Gasteiger partial charge in [0.1, 0.15) is 6.04 Å². The van der Waals surface area contributed by atoms with Crippen molar-refractivity contribution in [1.82, 2.24) is 9.29 Å². The maximum Gasteiger partial charge on any atom is 0.246 e. The summed E-state index contributed by atoms with van der Waals surface area (Å²) in [7, 11) is -0.629. The number of hydrogen-bond donors (Lipinski definition) is 2. The standard InChI is InChI=1S/C19H22N4O3S2/c1-12(20-15-8-9-17-18(11-15)27-13(2)21-17)19(24)22-14-6-5-7-16(10-14)28(25,26)23(3)4/h5-12,20H,1-4H3,(H,22,24)/t12-/m1/s1. The number of anilines is 2. The molecule has 1 amide bonds. The van der Waals surface area contributed by atoms with Crippen LogP contribution in [0.3, 0.4) is 0 Å². The van der Waals surface area contributed by atoms with Gasteiger partial charge in [0.05, 0.1) is 20.1 Å². The van der Waals surface area contributed by atoms with Gasteiger partial charge in [-0.25, -0.2) is 17.7 Å². The summed E-state index contributed by atoms with van der Waals surface area (Å²) in [4.78, 5) is 17.1. The molecule has 1 aromatic heterocycles. The van der Waals surface area contributed by atoms with Gasteiger partial charge in [-0.05, 0) is 50.2 Å². The van der Waals surface area contributed by atoms with Crippen molar-refractivity contribution in [3.63, 3.8) is 0 Å². The molecular formula is C19H22N4O3S2. The van der Waals surface area contributed by atoms with Crippen molar-refractivity contribution in [2.75, 3.05) is 24.7 Å². The van der Waals surface area contributed by atoms with E-state index in [2.05, 4.69) is 15.6 Å². The second kappa shape index (κ2) is 7.86. The predicted octanol–water partition coefficient (Wildman–Crippen LogP) is 3.29. The topological polar surface area (TPSA) is 91.4 Å². The van der Waals surface area contributed by atoms with Crippen molar-refractivity contribution in [3.05, 3.63) is 47.5 Å². The molecule has 0 radical (unpaired) electrons. The SMILES string of the molecule is Cc1nc2ccc(N[C@H](C)C(=O)Nc3cccc(S(=O)(=O)N(C)C)c3)cc2s1. The van der Waals surface area contributed by atoms with Crippen LogP contribution in [0, 0.1) is 6.92 Å². The summed E-state index contributed by atoms with van der Waals surface area (Å²) in [6, 6.07) is 11.5. The van der Waals surface area contributed by atoms with Gasteiger partial charge in [-0.2, -0.15) is 0 Å². The quantitative estimate of drug-likeness (QED) is 0.641. The lowest BCUT2D eigenvalue weighted by atomic mass is 10.2. The van der Waals surface area contributed by atoms with Gasteiger partial charge in [0.2, 0.25) is 15.9 Å². The summed E-state index contributed by atoms with van der Waals surface area (Å²) in [5, 5.41) is 6.92. The number of thiazole rings is 1. The molecule has 0 unspecified atom stereocenters. The first-order valence-electron chi connectivity index (χ1n) is 8.64. The van der Waals surface area contributed by atoms with Crippen LogP contribution in [0.1, 0.15) is 11.9 Å². The van der Waals surface area contributed by atoms with E-state index < -0.39 is 16.1 Å². The van der Waals surface area contributed by atoms with Crippen molar-refractivity contribution in [3.8, 4) is 0 Å². The molecule has 0 saturated carbocycles. The molecule has 0 fully saturated rings. The third-order valence-electron chi connectivity index (χ3n) is 4.15. The Labute approximate surface area is 168 Å². The van der Waals surface area contributed by atoms with Crippen LogP contribution in [-0.2, 0) is 14.8 Å². The van der Waals surface area contributed by atoms with Crippen molar-refractivity contribution in [2.45, 2.75) is 24.8 Å². The van der Waals surface area contributed by atoms with E-state index in [1.54, 1.807) is 30.4 Å². The number of carbonyl (C=O) groups is 1. The Hall–Kier alpha value is -2.49. The van der Waals surface area contributed by atoms with E-state index >= 15 is 0 Å². The van der Waals surface area contributed by atoms with E-state index in [-0.39, 0.29) is 10.8 Å². The Kier molecular flexibility index (Phi) is 5.69. The molecule has 0 aliphatic carbocycles. The number of rotatable bonds is 6. The van der Waals surface area contributed by atoms with Crippen molar-refractivity contribution >= 4 is 48.9 Å². The molecule has 3 aromatic rings. The Morgan fingerprint density at radius 1 is 1.14 bits per heavy atom. The third kappa shape index (κ3) is 4.32. The Morgan fingerprint density at radius 3 is 2.61 bits per heavy atom. The Morgan fingerprint density at radius 2 is 1.89 bits per heavy atom. The summed E-state index contributed by atoms with van der Waals surface area (Å²) < 4.78 is 26.7. The number of amides is 1. The van der Waals surface area contributed by atoms with Gasteiger partial charge in [0, 0.05) is 25.5 Å². The minimum absolute atomic E-state index is 0.127. The molecule has 0 aliphatic heterocycles. The second-order valence-electron chi connectivity index (χ2n) is 6.59. The van der Waals surface area contributed by atoms with Crippen molar-refractivity contribution in [1.29, 1.82) is 0 Å². The molecule has 2 aromatic carbocycles. The molecule has 0 spiro atoms. The number of nitrogens with one attached hydrogen (secondary N) is 2. The maximum atomic E-state index is 12.5. The average molecular weight is 419 g/mol. The van der Waals surface area contributed by atoms with Gasteiger partial charge in [-0.3, -0.25) is 4.79 Å². The normalized spacial score (nSPS) is 12.9. The lowest BCUT2D eigenvalue weighted by Crippen LogP contribution is -2.32. The van der Waals surface area contributed by atoms with Crippen LogP contribution < -0.4 is 10.6 Å². The predicted molar refractivity (Wildman–Crippen MR) is 113 cm³/mol. The van der Waals surface area contributed by atoms with Gasteiger partial charge in [0.15, 0.2) is 0 Å². The number of hydrogen-bond acceptors (Lipinski definition) is 6. The highest BCUT2D eigenvalue weighted by Gasteiger charge is 2.19. The summed E-state index contributed by atoms with van der Waals surface area (Å²) >= 11 is 1.60. The van der Waals surface area contributed by atoms with E-state index in [0.717, 1.165) is 25.2 Å². The fourth-order valence-electron chi connectivity index (χ4n) is 2.64. The Bertz CT molecular complexity index is 1120. The number of benzene rings is 2. The number of nitrogens with zero attached hydrogens (tertiary/aromatic N) is 2. The molecule has 28 heavy (non-hydrogen) atoms. The first-order valence-corrected chi connectivity index (χ1v) is 10.9. The molecule has 148 valence electrons. The van der Waals surface area contributed by atoms with E-state index in [1.165, 1.54) is 26.2 Å². The summed E-state index contributed by atoms with van der Waals surface area (Å²) in [5.41, 5.74) is 2.18. The van der Waals surface area contributed by atoms with Crippen LogP contribution in [0.5, 0.6) is 0 Å². The van der Waals surface area contributed by atoms with Crippen LogP contribution in [-0.4, -0.2) is 43.8 Å². The van der Waals surface area contributed by atoms with Crippen molar-refractivity contribution < 1.29 is 13.2 Å². The van der Waals surface area contributed by atoms with E-state index in [4.69, 9.17) is 0 Å². The summed E-state index contributed by atoms with van der Waals surface area (Å²) in [6.07, 6.45) is 0. The molecule has 1 heterocycles. The van der Waals surface area contributed by atoms with Crippen LogP contribution in [0.4, 0.5) is 11.4 Å². The maximum absolute atomic E-state index is 12.5. The smallest absolute Gasteiger partial charge is 0.246 e. The number of aryl methyl sites for hydroxylation is 1. The molecule has 1 atom stereocenters. The largest absolute Gasteiger partial charge is 0.374 e. The fraction of sp³-hybridized carbons (Fsp3) is 0.263. The van der Waals surface area contributed by atoms with Gasteiger partial charge >= 0.3 is 0 Å². The van der Waals surface area contributed by atoms with Gasteiger partial charge in [-0.1, -0.05) is 6.07 Å². The average Bonchev–Trinajstić information content (AvgIpc) is 3.01. The highest BCUT2D eigenvalue weighted by molar-refractivity contribution is 7.89. The second-order valence-corrected chi connectivity index (χ2v) is 9.97. The first kappa shape index (κ1) is 20.2. The van der Waals surface area contributed by atoms with Crippen LogP contribution >= 0.6 is 11.3 Å². The first-order chi connectivity index (χ1) is 13.2. The monoisotopic (exact) mass is 418 g/mol. The van der Waals surface area contributed by atoms with E-state index in [9.17, 15) is 13.2 Å². The summed E-state index contributed by atoms with van der Waals surface area (Å²) in [5.74, 6) is -0.264. The zero-order valence-electron chi connectivity index (χ0n) is 16.1. The number of carbonyl (C=O) groups excluding carboxylic acids is 1. The van der Waals surface area contributed by atoms with E-state index in [0.29, 0.717) is 5.69 Å². The Balaban J connectivity index is 1.71. The van der Waals surface area contributed by atoms with Gasteiger partial charge in [0.25, 0.3) is 0 Å². The van der Waals surface area contributed by atoms with E-state index in [1.807, 2.05) is 25.1 Å².